The van der Waals surface area contributed by atoms with Gasteiger partial charge >= 0.3 is 0 Å². The number of imide groups is 1. The first kappa shape index (κ1) is 18.4. The van der Waals surface area contributed by atoms with Gasteiger partial charge in [-0.05, 0) is 43.2 Å². The van der Waals surface area contributed by atoms with Crippen molar-refractivity contribution in [1.82, 2.24) is 14.6 Å². The van der Waals surface area contributed by atoms with E-state index in [4.69, 9.17) is 0 Å². The number of carbonyl (C=O) groups is 2. The minimum atomic E-state index is -3.85. The van der Waals surface area contributed by atoms with Gasteiger partial charge in [-0.3, -0.25) is 14.9 Å². The Balaban J connectivity index is 1.56. The van der Waals surface area contributed by atoms with Crippen molar-refractivity contribution in [1.29, 1.82) is 0 Å². The second kappa shape index (κ2) is 6.72. The Labute approximate surface area is 171 Å². The lowest BCUT2D eigenvalue weighted by Gasteiger charge is -2.33. The van der Waals surface area contributed by atoms with Crippen LogP contribution in [0.4, 0.5) is 0 Å². The molecular weight excluding hydrogens is 410 g/mol. The van der Waals surface area contributed by atoms with Crippen LogP contribution in [0.1, 0.15) is 51.0 Å². The molecule has 0 aliphatic carbocycles. The lowest BCUT2D eigenvalue weighted by atomic mass is 10.1. The van der Waals surface area contributed by atoms with Gasteiger partial charge in [0.2, 0.25) is 10.0 Å². The molecular formula is C20H17N3O4S2. The topological polar surface area (TPSA) is 96.4 Å². The number of carbonyl (C=O) groups excluding carboxylic acids is 2. The predicted octanol–water partition coefficient (Wildman–Crippen LogP) is 3.10. The highest BCUT2D eigenvalue weighted by molar-refractivity contribution is 7.89. The Morgan fingerprint density at radius 3 is 2.66 bits per heavy atom. The number of nitrogens with one attached hydrogen (secondary N) is 1. The number of para-hydroxylation sites is 1. The highest BCUT2D eigenvalue weighted by atomic mass is 32.2. The van der Waals surface area contributed by atoms with E-state index in [0.717, 1.165) is 28.1 Å². The van der Waals surface area contributed by atoms with Crippen LogP contribution in [0.25, 0.3) is 10.2 Å². The van der Waals surface area contributed by atoms with Gasteiger partial charge in [0.1, 0.15) is 5.01 Å². The smallest absolute Gasteiger partial charge is 0.258 e. The summed E-state index contributed by atoms with van der Waals surface area (Å²) in [5, 5.41) is 2.98. The second-order valence-electron chi connectivity index (χ2n) is 7.14. The van der Waals surface area contributed by atoms with Crippen molar-refractivity contribution in [2.24, 2.45) is 0 Å². The molecule has 2 aromatic carbocycles. The third kappa shape index (κ3) is 2.97. The number of hydrogen-bond acceptors (Lipinski definition) is 6. The van der Waals surface area contributed by atoms with Crippen molar-refractivity contribution < 1.29 is 18.0 Å². The minimum Gasteiger partial charge on any atom is -0.288 e. The zero-order valence-corrected chi connectivity index (χ0v) is 16.9. The van der Waals surface area contributed by atoms with Crippen LogP contribution in [0.2, 0.25) is 0 Å². The van der Waals surface area contributed by atoms with Gasteiger partial charge in [-0.15, -0.1) is 11.3 Å². The average Bonchev–Trinajstić information content (AvgIpc) is 3.29. The molecule has 148 valence electrons. The Bertz CT molecular complexity index is 1230. The SMILES string of the molecule is O=C1NC(=O)c2cc(S(=O)(=O)N3CCCCC3c3nc4ccccc4s3)ccc21. The number of thiazole rings is 1. The molecule has 1 aromatic heterocycles. The summed E-state index contributed by atoms with van der Waals surface area (Å²) in [6.45, 7) is 0.394. The molecule has 2 amide bonds. The van der Waals surface area contributed by atoms with Crippen molar-refractivity contribution in [2.45, 2.75) is 30.2 Å². The number of nitrogens with zero attached hydrogens (tertiary/aromatic N) is 2. The number of rotatable bonds is 3. The van der Waals surface area contributed by atoms with Crippen LogP contribution in [0, 0.1) is 0 Å². The standard InChI is InChI=1S/C20H17N3O4S2/c24-18-13-9-8-12(11-14(13)19(25)22-18)29(26,27)23-10-4-3-6-16(23)20-21-15-5-1-2-7-17(15)28-20/h1-2,5,7-9,11,16H,3-4,6,10H2,(H,22,24,25). The average molecular weight is 428 g/mol. The lowest BCUT2D eigenvalue weighted by Crippen LogP contribution is -2.38. The minimum absolute atomic E-state index is 0.0223. The molecule has 2 aliphatic heterocycles. The maximum atomic E-state index is 13.5. The van der Waals surface area contributed by atoms with Crippen molar-refractivity contribution in [2.75, 3.05) is 6.54 Å². The summed E-state index contributed by atoms with van der Waals surface area (Å²) in [4.78, 5) is 28.4. The molecule has 1 saturated heterocycles. The Morgan fingerprint density at radius 1 is 1.03 bits per heavy atom. The van der Waals surface area contributed by atoms with Crippen LogP contribution < -0.4 is 5.32 Å². The van der Waals surface area contributed by atoms with Crippen molar-refractivity contribution in [3.63, 3.8) is 0 Å². The first-order chi connectivity index (χ1) is 13.9. The number of benzene rings is 2. The summed E-state index contributed by atoms with van der Waals surface area (Å²) < 4.78 is 29.4. The monoisotopic (exact) mass is 427 g/mol. The summed E-state index contributed by atoms with van der Waals surface area (Å²) in [5.41, 5.74) is 1.17. The highest BCUT2D eigenvalue weighted by Crippen LogP contribution is 2.39. The van der Waals surface area contributed by atoms with Gasteiger partial charge in [-0.2, -0.15) is 4.31 Å². The maximum Gasteiger partial charge on any atom is 0.258 e. The molecule has 7 nitrogen and oxygen atoms in total. The van der Waals surface area contributed by atoms with E-state index in [1.807, 2.05) is 24.3 Å². The summed E-state index contributed by atoms with van der Waals surface area (Å²) in [7, 11) is -3.85. The quantitative estimate of drug-likeness (QED) is 0.648. The first-order valence-corrected chi connectivity index (χ1v) is 11.6. The number of piperidine rings is 1. The molecule has 0 radical (unpaired) electrons. The summed E-state index contributed by atoms with van der Waals surface area (Å²) in [6, 6.07) is 11.5. The zero-order valence-electron chi connectivity index (χ0n) is 15.3. The molecule has 29 heavy (non-hydrogen) atoms. The fourth-order valence-electron chi connectivity index (χ4n) is 3.91. The van der Waals surface area contributed by atoms with E-state index >= 15 is 0 Å². The molecule has 0 spiro atoms. The molecule has 2 aliphatic rings. The Hall–Kier alpha value is -2.62. The number of sulfonamides is 1. The maximum absolute atomic E-state index is 13.5. The molecule has 1 atom stereocenters. The normalized spacial score (nSPS) is 20.1. The first-order valence-electron chi connectivity index (χ1n) is 9.32. The molecule has 1 N–H and O–H groups in total. The van der Waals surface area contributed by atoms with E-state index in [1.165, 1.54) is 33.8 Å². The summed E-state index contributed by atoms with van der Waals surface area (Å²) in [6.07, 6.45) is 2.39. The molecule has 1 fully saturated rings. The van der Waals surface area contributed by atoms with Crippen LogP contribution in [-0.2, 0) is 10.0 Å². The highest BCUT2D eigenvalue weighted by Gasteiger charge is 2.37. The Morgan fingerprint density at radius 2 is 1.83 bits per heavy atom. The largest absolute Gasteiger partial charge is 0.288 e. The molecule has 9 heteroatoms. The third-order valence-electron chi connectivity index (χ3n) is 5.36. The van der Waals surface area contributed by atoms with E-state index in [1.54, 1.807) is 0 Å². The zero-order chi connectivity index (χ0) is 20.2. The van der Waals surface area contributed by atoms with Crippen LogP contribution in [0.15, 0.2) is 47.4 Å². The van der Waals surface area contributed by atoms with Gasteiger partial charge in [0.15, 0.2) is 0 Å². The van der Waals surface area contributed by atoms with Crippen LogP contribution in [0.5, 0.6) is 0 Å². The fourth-order valence-corrected chi connectivity index (χ4v) is 6.78. The predicted molar refractivity (Wildman–Crippen MR) is 108 cm³/mol. The molecule has 5 rings (SSSR count). The number of amides is 2. The van der Waals surface area contributed by atoms with E-state index in [9.17, 15) is 18.0 Å². The number of fused-ring (bicyclic) bond motifs is 2. The van der Waals surface area contributed by atoms with Crippen LogP contribution in [0.3, 0.4) is 0 Å². The summed E-state index contributed by atoms with van der Waals surface area (Å²) >= 11 is 1.51. The van der Waals surface area contributed by atoms with Gasteiger partial charge in [-0.25, -0.2) is 13.4 Å². The van der Waals surface area contributed by atoms with Gasteiger partial charge in [0.25, 0.3) is 11.8 Å². The summed E-state index contributed by atoms with van der Waals surface area (Å²) in [5.74, 6) is -1.07. The van der Waals surface area contributed by atoms with Gasteiger partial charge in [-0.1, -0.05) is 18.6 Å². The van der Waals surface area contributed by atoms with Crippen molar-refractivity contribution in [3.8, 4) is 0 Å². The molecule has 0 saturated carbocycles. The van der Waals surface area contributed by atoms with Crippen molar-refractivity contribution in [3.05, 3.63) is 58.6 Å². The molecule has 1 unspecified atom stereocenters. The lowest BCUT2D eigenvalue weighted by molar-refractivity contribution is 0.0879. The van der Waals surface area contributed by atoms with E-state index in [-0.39, 0.29) is 22.1 Å². The van der Waals surface area contributed by atoms with Crippen molar-refractivity contribution >= 4 is 43.4 Å². The van der Waals surface area contributed by atoms with E-state index < -0.39 is 21.8 Å². The molecule has 0 bridgehead atoms. The number of aromatic nitrogens is 1. The Kier molecular flexibility index (Phi) is 4.27. The fraction of sp³-hybridized carbons (Fsp3) is 0.250. The van der Waals surface area contributed by atoms with Crippen LogP contribution >= 0.6 is 11.3 Å². The molecule has 3 aromatic rings. The van der Waals surface area contributed by atoms with E-state index in [2.05, 4.69) is 10.3 Å². The second-order valence-corrected chi connectivity index (χ2v) is 10.1. The van der Waals surface area contributed by atoms with Gasteiger partial charge < -0.3 is 0 Å². The van der Waals surface area contributed by atoms with Crippen LogP contribution in [-0.4, -0.2) is 36.1 Å². The number of hydrogen-bond donors (Lipinski definition) is 1. The third-order valence-corrected chi connectivity index (χ3v) is 8.40. The van der Waals surface area contributed by atoms with Gasteiger partial charge in [0.05, 0.1) is 32.3 Å². The van der Waals surface area contributed by atoms with E-state index in [0.29, 0.717) is 13.0 Å². The van der Waals surface area contributed by atoms with Gasteiger partial charge in [0, 0.05) is 6.54 Å². The molecule has 3 heterocycles.